The van der Waals surface area contributed by atoms with Crippen LogP contribution in [0.2, 0.25) is 5.02 Å². The van der Waals surface area contributed by atoms with E-state index >= 15 is 0 Å². The molecular weight excluding hydrogens is 262 g/mol. The van der Waals surface area contributed by atoms with Crippen molar-refractivity contribution >= 4 is 11.6 Å². The third-order valence-corrected chi connectivity index (χ3v) is 3.84. The number of hydrogen-bond acceptors (Lipinski definition) is 3. The predicted octanol–water partition coefficient (Wildman–Crippen LogP) is 3.04. The summed E-state index contributed by atoms with van der Waals surface area (Å²) >= 11 is 6.24. The average molecular weight is 284 g/mol. The normalized spacial score (nSPS) is 20.5. The Labute approximate surface area is 120 Å². The van der Waals surface area contributed by atoms with E-state index < -0.39 is 0 Å². The van der Waals surface area contributed by atoms with Gasteiger partial charge in [-0.15, -0.1) is 0 Å². The van der Waals surface area contributed by atoms with Crippen LogP contribution in [0.15, 0.2) is 18.2 Å². The lowest BCUT2D eigenvalue weighted by Crippen LogP contribution is -2.22. The van der Waals surface area contributed by atoms with Crippen LogP contribution in [0.5, 0.6) is 5.75 Å². The van der Waals surface area contributed by atoms with E-state index in [9.17, 15) is 0 Å². The molecular formula is C15H22ClNO2. The van der Waals surface area contributed by atoms with Crippen molar-refractivity contribution in [2.45, 2.75) is 32.2 Å². The quantitative estimate of drug-likeness (QED) is 0.873. The van der Waals surface area contributed by atoms with Gasteiger partial charge in [0.25, 0.3) is 0 Å². The summed E-state index contributed by atoms with van der Waals surface area (Å²) < 4.78 is 11.3. The van der Waals surface area contributed by atoms with Gasteiger partial charge in [-0.05, 0) is 30.9 Å². The molecule has 0 spiro atoms. The molecule has 0 aliphatic carbocycles. The van der Waals surface area contributed by atoms with Crippen LogP contribution in [0, 0.1) is 5.92 Å². The molecule has 19 heavy (non-hydrogen) atoms. The highest BCUT2D eigenvalue weighted by atomic mass is 35.5. The number of ether oxygens (including phenoxy) is 2. The number of para-hydroxylation sites is 1. The van der Waals surface area contributed by atoms with E-state index in [0.717, 1.165) is 43.8 Å². The Hall–Kier alpha value is -0.770. The van der Waals surface area contributed by atoms with Crippen LogP contribution in [0.25, 0.3) is 0 Å². The molecule has 1 aromatic rings. The van der Waals surface area contributed by atoms with E-state index in [-0.39, 0.29) is 6.04 Å². The molecule has 0 bridgehead atoms. The highest BCUT2D eigenvalue weighted by molar-refractivity contribution is 6.32. The van der Waals surface area contributed by atoms with Gasteiger partial charge in [0.2, 0.25) is 0 Å². The highest BCUT2D eigenvalue weighted by Gasteiger charge is 2.18. The molecule has 1 aliphatic heterocycles. The summed E-state index contributed by atoms with van der Waals surface area (Å²) in [4.78, 5) is 0. The lowest BCUT2D eigenvalue weighted by Gasteiger charge is -2.17. The first-order valence-corrected chi connectivity index (χ1v) is 7.32. The minimum absolute atomic E-state index is 0.149. The topological polar surface area (TPSA) is 44.5 Å². The van der Waals surface area contributed by atoms with E-state index in [2.05, 4.69) is 6.92 Å². The predicted molar refractivity (Wildman–Crippen MR) is 77.8 cm³/mol. The fourth-order valence-electron chi connectivity index (χ4n) is 2.22. The third kappa shape index (κ3) is 4.10. The summed E-state index contributed by atoms with van der Waals surface area (Å²) in [6, 6.07) is 6.01. The van der Waals surface area contributed by atoms with Gasteiger partial charge >= 0.3 is 0 Å². The van der Waals surface area contributed by atoms with Crippen LogP contribution >= 0.6 is 11.6 Å². The van der Waals surface area contributed by atoms with Gasteiger partial charge in [-0.25, -0.2) is 0 Å². The van der Waals surface area contributed by atoms with Crippen LogP contribution in [-0.4, -0.2) is 25.9 Å². The zero-order valence-electron chi connectivity index (χ0n) is 11.4. The first kappa shape index (κ1) is 14.6. The lowest BCUT2D eigenvalue weighted by molar-refractivity contribution is 0.166. The molecule has 4 heteroatoms. The van der Waals surface area contributed by atoms with Gasteiger partial charge in [-0.2, -0.15) is 0 Å². The van der Waals surface area contributed by atoms with Crippen molar-refractivity contribution < 1.29 is 9.47 Å². The molecule has 2 unspecified atom stereocenters. The molecule has 1 fully saturated rings. The molecule has 3 nitrogen and oxygen atoms in total. The Morgan fingerprint density at radius 2 is 2.37 bits per heavy atom. The second-order valence-electron chi connectivity index (χ2n) is 5.14. The van der Waals surface area contributed by atoms with Gasteiger partial charge in [0.1, 0.15) is 5.75 Å². The largest absolute Gasteiger partial charge is 0.491 e. The number of nitrogens with two attached hydrogens (primary N) is 1. The van der Waals surface area contributed by atoms with Crippen LogP contribution in [0.4, 0.5) is 0 Å². The Balaban J connectivity index is 2.03. The van der Waals surface area contributed by atoms with Gasteiger partial charge in [0.15, 0.2) is 0 Å². The van der Waals surface area contributed by atoms with Gasteiger partial charge in [-0.3, -0.25) is 0 Å². The smallest absolute Gasteiger partial charge is 0.141 e. The van der Waals surface area contributed by atoms with Crippen LogP contribution in [0.1, 0.15) is 25.3 Å². The number of rotatable bonds is 6. The van der Waals surface area contributed by atoms with E-state index in [1.165, 1.54) is 0 Å². The van der Waals surface area contributed by atoms with E-state index in [1.807, 2.05) is 18.2 Å². The molecule has 106 valence electrons. The molecule has 1 aliphatic rings. The molecule has 0 aromatic heterocycles. The molecule has 2 N–H and O–H groups in total. The molecule has 1 aromatic carbocycles. The zero-order valence-corrected chi connectivity index (χ0v) is 12.2. The van der Waals surface area contributed by atoms with Gasteiger partial charge < -0.3 is 15.2 Å². The maximum atomic E-state index is 6.24. The minimum Gasteiger partial charge on any atom is -0.491 e. The molecule has 0 saturated carbocycles. The Kier molecular flexibility index (Phi) is 5.49. The Morgan fingerprint density at radius 1 is 1.53 bits per heavy atom. The molecule has 2 atom stereocenters. The summed E-state index contributed by atoms with van der Waals surface area (Å²) in [7, 11) is 0. The van der Waals surface area contributed by atoms with Crippen molar-refractivity contribution in [2.75, 3.05) is 19.8 Å². The van der Waals surface area contributed by atoms with E-state index in [1.54, 1.807) is 0 Å². The van der Waals surface area contributed by atoms with Crippen molar-refractivity contribution in [1.82, 2.24) is 0 Å². The van der Waals surface area contributed by atoms with Crippen molar-refractivity contribution in [3.8, 4) is 5.75 Å². The van der Waals surface area contributed by atoms with Crippen LogP contribution < -0.4 is 10.5 Å². The maximum absolute atomic E-state index is 6.24. The Morgan fingerprint density at radius 3 is 3.05 bits per heavy atom. The number of benzene rings is 1. The summed E-state index contributed by atoms with van der Waals surface area (Å²) in [5.74, 6) is 1.27. The summed E-state index contributed by atoms with van der Waals surface area (Å²) in [6.07, 6.45) is 2.81. The average Bonchev–Trinajstić information content (AvgIpc) is 2.91. The fraction of sp³-hybridized carbons (Fsp3) is 0.600. The van der Waals surface area contributed by atoms with Crippen molar-refractivity contribution in [3.05, 3.63) is 28.8 Å². The number of halogens is 1. The molecule has 1 saturated heterocycles. The highest BCUT2D eigenvalue weighted by Crippen LogP contribution is 2.30. The maximum Gasteiger partial charge on any atom is 0.141 e. The summed E-state index contributed by atoms with van der Waals surface area (Å²) in [5.41, 5.74) is 7.12. The standard InChI is InChI=1S/C15H22ClNO2/c1-2-13(17)8-12-4-3-5-14(16)15(12)19-10-11-6-7-18-9-11/h3-5,11,13H,2,6-10,17H2,1H3. The van der Waals surface area contributed by atoms with Gasteiger partial charge in [-0.1, -0.05) is 30.7 Å². The summed E-state index contributed by atoms with van der Waals surface area (Å²) in [6.45, 7) is 4.38. The molecule has 0 amide bonds. The second kappa shape index (κ2) is 7.13. The van der Waals surface area contributed by atoms with Crippen molar-refractivity contribution in [2.24, 2.45) is 11.7 Å². The van der Waals surface area contributed by atoms with Crippen molar-refractivity contribution in [1.29, 1.82) is 0 Å². The molecule has 0 radical (unpaired) electrons. The lowest BCUT2D eigenvalue weighted by atomic mass is 10.0. The minimum atomic E-state index is 0.149. The van der Waals surface area contributed by atoms with Crippen LogP contribution in [-0.2, 0) is 11.2 Å². The first-order chi connectivity index (χ1) is 9.20. The number of hydrogen-bond donors (Lipinski definition) is 1. The SMILES string of the molecule is CCC(N)Cc1cccc(Cl)c1OCC1CCOC1. The first-order valence-electron chi connectivity index (χ1n) is 6.94. The zero-order chi connectivity index (χ0) is 13.7. The van der Waals surface area contributed by atoms with E-state index in [0.29, 0.717) is 17.5 Å². The summed E-state index contributed by atoms with van der Waals surface area (Å²) in [5, 5.41) is 0.666. The third-order valence-electron chi connectivity index (χ3n) is 3.54. The van der Waals surface area contributed by atoms with E-state index in [4.69, 9.17) is 26.8 Å². The van der Waals surface area contributed by atoms with Gasteiger partial charge in [0, 0.05) is 18.6 Å². The van der Waals surface area contributed by atoms with Gasteiger partial charge in [0.05, 0.1) is 18.2 Å². The monoisotopic (exact) mass is 283 g/mol. The molecule has 1 heterocycles. The van der Waals surface area contributed by atoms with Crippen LogP contribution in [0.3, 0.4) is 0 Å². The fourth-order valence-corrected chi connectivity index (χ4v) is 2.47. The Bertz CT molecular complexity index is 405. The molecule has 2 rings (SSSR count). The van der Waals surface area contributed by atoms with Crippen molar-refractivity contribution in [3.63, 3.8) is 0 Å². The second-order valence-corrected chi connectivity index (χ2v) is 5.55.